The van der Waals surface area contributed by atoms with E-state index in [0.29, 0.717) is 10.5 Å². The Hall–Kier alpha value is -3.73. The van der Waals surface area contributed by atoms with E-state index in [1.54, 1.807) is 0 Å². The molecule has 3 aromatic rings. The summed E-state index contributed by atoms with van der Waals surface area (Å²) in [6, 6.07) is -0.0666. The van der Waals surface area contributed by atoms with Gasteiger partial charge in [-0.1, -0.05) is 0 Å². The summed E-state index contributed by atoms with van der Waals surface area (Å²) in [5, 5.41) is 1.68. The van der Waals surface area contributed by atoms with Crippen LogP contribution in [0.1, 0.15) is 36.9 Å². The fourth-order valence-corrected chi connectivity index (χ4v) is 5.86. The number of nitrogens with zero attached hydrogens (tertiary/aromatic N) is 5. The Labute approximate surface area is 222 Å². The van der Waals surface area contributed by atoms with Crippen LogP contribution in [0.4, 0.5) is 30.7 Å². The van der Waals surface area contributed by atoms with Gasteiger partial charge in [-0.05, 0) is 30.7 Å². The zero-order valence-corrected chi connectivity index (χ0v) is 21.1. The van der Waals surface area contributed by atoms with Crippen molar-refractivity contribution in [3.05, 3.63) is 65.9 Å². The van der Waals surface area contributed by atoms with Gasteiger partial charge in [0.1, 0.15) is 23.7 Å². The quantitative estimate of drug-likeness (QED) is 0.415. The van der Waals surface area contributed by atoms with Crippen molar-refractivity contribution < 1.29 is 43.9 Å². The van der Waals surface area contributed by atoms with Crippen LogP contribution in [0.15, 0.2) is 48.0 Å². The van der Waals surface area contributed by atoms with E-state index in [9.17, 15) is 43.9 Å². The third-order valence-corrected chi connectivity index (χ3v) is 8.04. The predicted molar refractivity (Wildman–Crippen MR) is 123 cm³/mol. The molecule has 0 radical (unpaired) electrons. The van der Waals surface area contributed by atoms with Gasteiger partial charge in [-0.3, -0.25) is 9.78 Å². The van der Waals surface area contributed by atoms with Crippen molar-refractivity contribution in [3.63, 3.8) is 0 Å². The Balaban J connectivity index is 1.58. The lowest BCUT2D eigenvalue weighted by Gasteiger charge is -2.26. The molecule has 1 saturated heterocycles. The number of hydrogen-bond donors (Lipinski definition) is 1. The van der Waals surface area contributed by atoms with E-state index in [2.05, 4.69) is 25.3 Å². The van der Waals surface area contributed by atoms with Gasteiger partial charge in [0, 0.05) is 42.7 Å². The summed E-state index contributed by atoms with van der Waals surface area (Å²) < 4.78 is 120. The van der Waals surface area contributed by atoms with E-state index in [1.807, 2.05) is 0 Å². The minimum absolute atomic E-state index is 0.0165. The number of sulfonamides is 1. The first kappa shape index (κ1) is 29.3. The van der Waals surface area contributed by atoms with Gasteiger partial charge in [0.25, 0.3) is 16.4 Å². The average Bonchev–Trinajstić information content (AvgIpc) is 3.21. The molecule has 4 rings (SSSR count). The molecule has 1 fully saturated rings. The second-order valence-corrected chi connectivity index (χ2v) is 10.5. The van der Waals surface area contributed by atoms with Crippen molar-refractivity contribution in [2.75, 3.05) is 0 Å². The fraction of sp³-hybridized carbons (Fsp3) is 0.348. The molecule has 1 amide bonds. The highest BCUT2D eigenvalue weighted by Gasteiger charge is 2.49. The van der Waals surface area contributed by atoms with Gasteiger partial charge in [0.05, 0.1) is 12.2 Å². The fourth-order valence-electron chi connectivity index (χ4n) is 4.13. The Morgan fingerprint density at radius 3 is 2.30 bits per heavy atom. The molecule has 0 aliphatic carbocycles. The maximum atomic E-state index is 14.6. The van der Waals surface area contributed by atoms with Crippen molar-refractivity contribution in [1.82, 2.24) is 29.6 Å². The van der Waals surface area contributed by atoms with Crippen LogP contribution in [0.3, 0.4) is 0 Å². The van der Waals surface area contributed by atoms with Crippen molar-refractivity contribution in [3.8, 4) is 11.1 Å². The van der Waals surface area contributed by atoms with Crippen molar-refractivity contribution >= 4 is 15.9 Å². The highest BCUT2D eigenvalue weighted by atomic mass is 32.2. The highest BCUT2D eigenvalue weighted by Crippen LogP contribution is 2.33. The number of alkyl halides is 6. The molecular formula is C23H19F7N6O3S. The third-order valence-electron chi connectivity index (χ3n) is 6.13. The highest BCUT2D eigenvalue weighted by molar-refractivity contribution is 7.89. The number of nitrogens with one attached hydrogen (secondary N) is 1. The normalized spacial score (nSPS) is 20.2. The van der Waals surface area contributed by atoms with Crippen LogP contribution >= 0.6 is 0 Å². The lowest BCUT2D eigenvalue weighted by Crippen LogP contribution is -2.48. The van der Waals surface area contributed by atoms with E-state index in [-0.39, 0.29) is 16.7 Å². The van der Waals surface area contributed by atoms with E-state index in [1.165, 1.54) is 6.92 Å². The van der Waals surface area contributed by atoms with Crippen LogP contribution in [0.5, 0.6) is 0 Å². The van der Waals surface area contributed by atoms with E-state index < -0.39 is 82.1 Å². The first-order chi connectivity index (χ1) is 18.7. The van der Waals surface area contributed by atoms with Gasteiger partial charge in [0.15, 0.2) is 5.03 Å². The van der Waals surface area contributed by atoms with Crippen LogP contribution in [0.2, 0.25) is 0 Å². The van der Waals surface area contributed by atoms with Crippen LogP contribution in [0, 0.1) is 5.82 Å². The summed E-state index contributed by atoms with van der Waals surface area (Å²) in [5.41, 5.74) is -0.909. The molecule has 0 saturated carbocycles. The summed E-state index contributed by atoms with van der Waals surface area (Å²) in [7, 11) is -4.56. The minimum Gasteiger partial charge on any atom is -0.351 e. The van der Waals surface area contributed by atoms with E-state index in [0.717, 1.165) is 36.8 Å². The average molecular weight is 592 g/mol. The first-order valence-corrected chi connectivity index (χ1v) is 12.9. The molecule has 40 heavy (non-hydrogen) atoms. The first-order valence-electron chi connectivity index (χ1n) is 11.4. The topological polar surface area (TPSA) is 118 Å². The summed E-state index contributed by atoms with van der Waals surface area (Å²) in [4.78, 5) is 26.6. The molecule has 3 atom stereocenters. The largest absolute Gasteiger partial charge is 0.451 e. The SMILES string of the molecule is C[C@H]1[C@H](F)C[C@@H](C(=O)NCc2cc(-c3cnc(C(F)(F)F)nc3)cnc2C(F)F)N1S(=O)(=O)c1ccc(F)cn1. The number of carbonyl (C=O) groups is 1. The summed E-state index contributed by atoms with van der Waals surface area (Å²) in [6.45, 7) is 0.624. The Kier molecular flexibility index (Phi) is 8.07. The summed E-state index contributed by atoms with van der Waals surface area (Å²) >= 11 is 0. The lowest BCUT2D eigenvalue weighted by atomic mass is 10.1. The smallest absolute Gasteiger partial charge is 0.351 e. The Bertz CT molecular complexity index is 1490. The number of carbonyl (C=O) groups excluding carboxylic acids is 1. The van der Waals surface area contributed by atoms with Crippen LogP contribution < -0.4 is 5.32 Å². The summed E-state index contributed by atoms with van der Waals surface area (Å²) in [6.07, 6.45) is -6.94. The second-order valence-electron chi connectivity index (χ2n) is 8.74. The van der Waals surface area contributed by atoms with Gasteiger partial charge < -0.3 is 5.32 Å². The molecule has 17 heteroatoms. The number of pyridine rings is 2. The molecule has 0 aromatic carbocycles. The molecule has 3 aromatic heterocycles. The van der Waals surface area contributed by atoms with Crippen molar-refractivity contribution in [1.29, 1.82) is 0 Å². The monoisotopic (exact) mass is 592 g/mol. The molecule has 0 bridgehead atoms. The summed E-state index contributed by atoms with van der Waals surface area (Å²) in [5.74, 6) is -3.24. The van der Waals surface area contributed by atoms with E-state index in [4.69, 9.17) is 0 Å². The van der Waals surface area contributed by atoms with Crippen molar-refractivity contribution in [2.45, 2.75) is 55.8 Å². The molecule has 1 aliphatic rings. The zero-order chi connectivity index (χ0) is 29.4. The number of aromatic nitrogens is 4. The third kappa shape index (κ3) is 5.89. The number of rotatable bonds is 7. The Morgan fingerprint density at radius 1 is 1.07 bits per heavy atom. The van der Waals surface area contributed by atoms with Gasteiger partial charge in [-0.25, -0.2) is 40.9 Å². The van der Waals surface area contributed by atoms with Gasteiger partial charge in [-0.2, -0.15) is 17.5 Å². The predicted octanol–water partition coefficient (Wildman–Crippen LogP) is 3.84. The Morgan fingerprint density at radius 2 is 1.73 bits per heavy atom. The van der Waals surface area contributed by atoms with Gasteiger partial charge in [0.2, 0.25) is 11.7 Å². The maximum Gasteiger partial charge on any atom is 0.451 e. The number of hydrogen-bond acceptors (Lipinski definition) is 7. The van der Waals surface area contributed by atoms with Crippen LogP contribution in [0.25, 0.3) is 11.1 Å². The van der Waals surface area contributed by atoms with Crippen molar-refractivity contribution in [2.24, 2.45) is 0 Å². The molecule has 1 aliphatic heterocycles. The maximum absolute atomic E-state index is 14.6. The van der Waals surface area contributed by atoms with Gasteiger partial charge >= 0.3 is 6.18 Å². The van der Waals surface area contributed by atoms with Crippen LogP contribution in [-0.4, -0.2) is 56.8 Å². The number of amides is 1. The molecule has 4 heterocycles. The zero-order valence-electron chi connectivity index (χ0n) is 20.3. The second kappa shape index (κ2) is 11.0. The molecule has 0 unspecified atom stereocenters. The minimum atomic E-state index is -4.80. The number of halogens is 7. The lowest BCUT2D eigenvalue weighted by molar-refractivity contribution is -0.145. The molecule has 0 spiro atoms. The molecule has 9 nitrogen and oxygen atoms in total. The molecular weight excluding hydrogens is 573 g/mol. The molecule has 1 N–H and O–H groups in total. The molecule has 214 valence electrons. The standard InChI is InChI=1S/C23H19F7N6O3S/c1-11-16(25)5-17(36(11)40(38,39)18-3-2-15(24)10-31-18)21(37)33-7-13-4-12(6-32-19(13)20(26)27)14-8-34-22(35-9-14)23(28,29)30/h2-4,6,8-11,16-17,20H,5,7H2,1H3,(H,33,37)/t11-,16+,17-/m0/s1. The van der Waals surface area contributed by atoms with Gasteiger partial charge in [-0.15, -0.1) is 0 Å². The van der Waals surface area contributed by atoms with Crippen LogP contribution in [-0.2, 0) is 27.5 Å². The van der Waals surface area contributed by atoms with E-state index >= 15 is 0 Å².